The average molecular weight is 1140 g/mol. The maximum atomic E-state index is 14.2. The first-order valence-electron chi connectivity index (χ1n) is 27.4. The van der Waals surface area contributed by atoms with Crippen molar-refractivity contribution in [1.29, 1.82) is 0 Å². The second-order valence-corrected chi connectivity index (χ2v) is 26.4. The molecule has 80 heavy (non-hydrogen) atoms. The van der Waals surface area contributed by atoms with E-state index in [1.165, 1.54) is 16.4 Å². The Bertz CT molecular complexity index is 3340. The van der Waals surface area contributed by atoms with Gasteiger partial charge in [0.15, 0.2) is 17.3 Å². The van der Waals surface area contributed by atoms with Gasteiger partial charge in [-0.2, -0.15) is 8.42 Å². The van der Waals surface area contributed by atoms with E-state index < -0.39 is 15.4 Å². The Morgan fingerprint density at radius 3 is 2.24 bits per heavy atom. The second-order valence-electron chi connectivity index (χ2n) is 21.4. The number of Topliss-reactive ketones (excluding diaryl/α,β-unsaturated/α-hetero) is 1. The summed E-state index contributed by atoms with van der Waals surface area (Å²) in [7, 11) is 3.53. The predicted octanol–water partition coefficient (Wildman–Crippen LogP) is 11.3. The molecule has 9 rings (SSSR count). The molecule has 0 aliphatic carbocycles. The topological polar surface area (TPSA) is 173 Å². The molecule has 4 aliphatic rings. The minimum Gasteiger partial charge on any atom is -0.493 e. The van der Waals surface area contributed by atoms with Gasteiger partial charge in [-0.25, -0.2) is 0 Å². The standard InChI is InChI=1S/C62H71N5O10S3/c1-8-63-26-15-9-10-20-54(68)58(80(72,73)75-7)24-27-78-79-62(3,4)25-23-59(69)64-46-30-41(38-76-55-36-53-50(28-40(55)2)61(71)67-48(37-65(53)5)33-45-17-12-14-19-52(45)67)29-42(31-46)39-77-57-34-43-21-22-47-32-44-16-11-13-18-51(44)66(47)60(70)49(43)35-56(57)74-6/h8,11-14,16-19,28-31,34-36,47-48,58H,9-10,15,20-27,32-33,38-39H2,1-7H3,(H,64,69)/t47-,48+,58?/m1/s1. The van der Waals surface area contributed by atoms with Crippen molar-refractivity contribution in [3.63, 3.8) is 0 Å². The molecule has 5 aromatic carbocycles. The highest BCUT2D eigenvalue weighted by atomic mass is 33.1. The van der Waals surface area contributed by atoms with Crippen LogP contribution in [0.4, 0.5) is 22.7 Å². The lowest BCUT2D eigenvalue weighted by atomic mass is 9.99. The van der Waals surface area contributed by atoms with E-state index in [9.17, 15) is 27.6 Å². The SMILES string of the molecule is CC=NCCCCCC(=O)C(CCSSC(C)(C)CCC(=O)Nc1cc(COc2cc3c(cc2C)C(=O)N2c4ccccc4C[C@H]2[C-]=[N+]3C)cc(COc2cc3c(cc2OC)C(=O)N2c4ccccc4C[C@H]2CC3)c1)S(=O)(=O)OC. The molecule has 0 aromatic heterocycles. The van der Waals surface area contributed by atoms with Crippen LogP contribution >= 0.6 is 21.6 Å². The van der Waals surface area contributed by atoms with Crippen LogP contribution in [0.5, 0.6) is 17.2 Å². The first kappa shape index (κ1) is 58.2. The number of unbranched alkanes of at least 4 members (excludes halogenated alkanes) is 2. The van der Waals surface area contributed by atoms with Gasteiger partial charge in [0.25, 0.3) is 16.0 Å². The lowest BCUT2D eigenvalue weighted by molar-refractivity contribution is -0.401. The second kappa shape index (κ2) is 25.5. The molecule has 1 unspecified atom stereocenters. The third kappa shape index (κ3) is 13.3. The maximum Gasteiger partial charge on any atom is 0.277 e. The number of hydrogen-bond donors (Lipinski definition) is 1. The average Bonchev–Trinajstić information content (AvgIpc) is 4.01. The van der Waals surface area contributed by atoms with Gasteiger partial charge < -0.3 is 33.9 Å². The van der Waals surface area contributed by atoms with Gasteiger partial charge in [0.1, 0.15) is 31.3 Å². The van der Waals surface area contributed by atoms with Gasteiger partial charge in [0.05, 0.1) is 19.9 Å². The number of nitrogens with one attached hydrogen (secondary N) is 1. The van der Waals surface area contributed by atoms with Gasteiger partial charge in [-0.05, 0) is 167 Å². The van der Waals surface area contributed by atoms with Crippen LogP contribution in [-0.2, 0) is 56.4 Å². The Morgan fingerprint density at radius 2 is 1.52 bits per heavy atom. The van der Waals surface area contributed by atoms with Gasteiger partial charge >= 0.3 is 0 Å². The van der Waals surface area contributed by atoms with Crippen molar-refractivity contribution in [2.75, 3.05) is 48.7 Å². The van der Waals surface area contributed by atoms with Crippen LogP contribution in [0.3, 0.4) is 0 Å². The predicted molar refractivity (Wildman–Crippen MR) is 319 cm³/mol. The molecule has 4 aliphatic heterocycles. The molecule has 1 N–H and O–H groups in total. The number of methoxy groups -OCH3 is 1. The number of fused-ring (bicyclic) bond motifs is 8. The quantitative estimate of drug-likeness (QED) is 0.0147. The van der Waals surface area contributed by atoms with Crippen molar-refractivity contribution < 1.29 is 50.6 Å². The summed E-state index contributed by atoms with van der Waals surface area (Å²) in [5, 5.41) is 1.89. The van der Waals surface area contributed by atoms with Crippen LogP contribution in [-0.4, -0.2) is 105 Å². The zero-order chi connectivity index (χ0) is 56.7. The number of hydrogen-bond acceptors (Lipinski definition) is 13. The van der Waals surface area contributed by atoms with Gasteiger partial charge in [-0.15, -0.1) is 0 Å². The minimum atomic E-state index is -4.06. The Balaban J connectivity index is 0.890. The maximum absolute atomic E-state index is 14.2. The highest BCUT2D eigenvalue weighted by Crippen LogP contribution is 2.43. The molecule has 422 valence electrons. The molecule has 18 heteroatoms. The monoisotopic (exact) mass is 1140 g/mol. The number of amides is 3. The van der Waals surface area contributed by atoms with E-state index in [1.807, 2.05) is 122 Å². The van der Waals surface area contributed by atoms with Crippen molar-refractivity contribution in [3.8, 4) is 17.2 Å². The van der Waals surface area contributed by atoms with Gasteiger partial charge in [-0.3, -0.25) is 28.4 Å². The van der Waals surface area contributed by atoms with Gasteiger partial charge in [0.2, 0.25) is 11.8 Å². The third-order valence-electron chi connectivity index (χ3n) is 15.2. The smallest absolute Gasteiger partial charge is 0.277 e. The molecule has 0 saturated heterocycles. The highest BCUT2D eigenvalue weighted by Gasteiger charge is 2.39. The summed E-state index contributed by atoms with van der Waals surface area (Å²) in [5.74, 6) is 1.25. The molecular formula is C62H71N5O10S3. The summed E-state index contributed by atoms with van der Waals surface area (Å²) >= 11 is 0. The lowest BCUT2D eigenvalue weighted by Crippen LogP contribution is -2.38. The fourth-order valence-electron chi connectivity index (χ4n) is 11.1. The molecule has 3 amide bonds. The molecule has 0 radical (unpaired) electrons. The summed E-state index contributed by atoms with van der Waals surface area (Å²) in [6, 6.07) is 29.1. The number of para-hydroxylation sites is 2. The number of nitrogens with zero attached hydrogens (tertiary/aromatic N) is 4. The van der Waals surface area contributed by atoms with Crippen molar-refractivity contribution in [3.05, 3.63) is 136 Å². The molecule has 5 aromatic rings. The molecule has 3 atom stereocenters. The van der Waals surface area contributed by atoms with E-state index in [0.717, 1.165) is 72.0 Å². The number of anilines is 3. The van der Waals surface area contributed by atoms with Gasteiger partial charge in [-0.1, -0.05) is 70.5 Å². The number of benzene rings is 5. The molecule has 0 spiro atoms. The number of ketones is 1. The summed E-state index contributed by atoms with van der Waals surface area (Å²) in [5.41, 5.74) is 9.73. The van der Waals surface area contributed by atoms with Crippen LogP contribution in [0.15, 0.2) is 96.0 Å². The zero-order valence-electron chi connectivity index (χ0n) is 46.7. The molecule has 0 bridgehead atoms. The van der Waals surface area contributed by atoms with E-state index >= 15 is 0 Å². The molecule has 0 fully saturated rings. The largest absolute Gasteiger partial charge is 0.493 e. The Labute approximate surface area is 478 Å². The number of aryl methyl sites for hydroxylation is 2. The summed E-state index contributed by atoms with van der Waals surface area (Å²) in [4.78, 5) is 63.4. The summed E-state index contributed by atoms with van der Waals surface area (Å²) in [6.45, 7) is 8.77. The fraction of sp³-hybridized carbons (Fsp3) is 0.419. The van der Waals surface area contributed by atoms with Crippen molar-refractivity contribution >= 4 is 90.4 Å². The van der Waals surface area contributed by atoms with E-state index in [0.29, 0.717) is 77.7 Å². The van der Waals surface area contributed by atoms with Crippen molar-refractivity contribution in [2.24, 2.45) is 4.99 Å². The molecule has 15 nitrogen and oxygen atoms in total. The Hall–Kier alpha value is -6.47. The molecule has 4 heterocycles. The number of rotatable bonds is 25. The number of carbonyl (C=O) groups excluding carboxylic acids is 4. The fourth-order valence-corrected chi connectivity index (χ4v) is 14.9. The Morgan fingerprint density at radius 1 is 0.838 bits per heavy atom. The molecule has 0 saturated carbocycles. The van der Waals surface area contributed by atoms with Crippen LogP contribution in [0, 0.1) is 6.92 Å². The highest BCUT2D eigenvalue weighted by molar-refractivity contribution is 8.77. The third-order valence-corrected chi connectivity index (χ3v) is 20.3. The van der Waals surface area contributed by atoms with Crippen LogP contribution in [0.2, 0.25) is 0 Å². The first-order valence-corrected chi connectivity index (χ1v) is 31.2. The van der Waals surface area contributed by atoms with Crippen LogP contribution < -0.4 is 29.3 Å². The van der Waals surface area contributed by atoms with Crippen LogP contribution in [0.25, 0.3) is 0 Å². The Kier molecular flexibility index (Phi) is 18.6. The lowest BCUT2D eigenvalue weighted by Gasteiger charge is -2.23. The van der Waals surface area contributed by atoms with Gasteiger partial charge in [0, 0.05) is 76.4 Å². The number of carbonyl (C=O) groups is 4. The summed E-state index contributed by atoms with van der Waals surface area (Å²) in [6.07, 6.45) is 11.5. The van der Waals surface area contributed by atoms with E-state index in [2.05, 4.69) is 28.7 Å². The van der Waals surface area contributed by atoms with E-state index in [4.69, 9.17) is 18.4 Å². The number of aliphatic imine (C=N–C) groups is 1. The van der Waals surface area contributed by atoms with Crippen LogP contribution in [0.1, 0.15) is 126 Å². The minimum absolute atomic E-state index is 0.0516. The first-order chi connectivity index (χ1) is 38.5. The zero-order valence-corrected chi connectivity index (χ0v) is 49.1. The van der Waals surface area contributed by atoms with E-state index in [-0.39, 0.29) is 72.8 Å². The van der Waals surface area contributed by atoms with Crippen molar-refractivity contribution in [2.45, 2.75) is 134 Å². The molecular weight excluding hydrogens is 1070 g/mol. The normalized spacial score (nSPS) is 16.9. The van der Waals surface area contributed by atoms with Crippen molar-refractivity contribution in [1.82, 2.24) is 0 Å². The summed E-state index contributed by atoms with van der Waals surface area (Å²) < 4.78 is 50.9. The number of ether oxygens (including phenoxy) is 3. The van der Waals surface area contributed by atoms with E-state index in [1.54, 1.807) is 30.2 Å².